The Labute approximate surface area is 137 Å². The Morgan fingerprint density at radius 1 is 1.36 bits per heavy atom. The van der Waals surface area contributed by atoms with E-state index in [2.05, 4.69) is 20.9 Å². The summed E-state index contributed by atoms with van der Waals surface area (Å²) in [6, 6.07) is 4.24. The molecule has 120 valence electrons. The predicted octanol–water partition coefficient (Wildman–Crippen LogP) is 3.93. The van der Waals surface area contributed by atoms with E-state index in [1.54, 1.807) is 4.90 Å². The van der Waals surface area contributed by atoms with Gasteiger partial charge in [0.2, 0.25) is 0 Å². The van der Waals surface area contributed by atoms with Gasteiger partial charge in [-0.3, -0.25) is 4.90 Å². The molecule has 22 heavy (non-hydrogen) atoms. The van der Waals surface area contributed by atoms with Crippen LogP contribution in [0, 0.1) is 0 Å². The van der Waals surface area contributed by atoms with Gasteiger partial charge < -0.3 is 14.4 Å². The van der Waals surface area contributed by atoms with Crippen molar-refractivity contribution in [1.82, 2.24) is 9.88 Å². The quantitative estimate of drug-likeness (QED) is 0.887. The van der Waals surface area contributed by atoms with Gasteiger partial charge in [-0.05, 0) is 54.4 Å². The van der Waals surface area contributed by atoms with Crippen LogP contribution in [0.25, 0.3) is 11.1 Å². The van der Waals surface area contributed by atoms with Gasteiger partial charge in [-0.15, -0.1) is 0 Å². The third-order valence-electron chi connectivity index (χ3n) is 3.26. The maximum Gasteiger partial charge on any atom is 0.408 e. The average Bonchev–Trinajstić information content (AvgIpc) is 2.78. The van der Waals surface area contributed by atoms with E-state index in [0.717, 1.165) is 10.0 Å². The highest BCUT2D eigenvalue weighted by molar-refractivity contribution is 9.10. The smallest absolute Gasteiger partial charge is 0.408 e. The molecule has 1 aromatic carbocycles. The minimum Gasteiger partial charge on any atom is -0.465 e. The van der Waals surface area contributed by atoms with Crippen LogP contribution in [0.4, 0.5) is 10.8 Å². The van der Waals surface area contributed by atoms with Crippen LogP contribution in [-0.2, 0) is 6.54 Å². The second-order valence-electron chi connectivity index (χ2n) is 6.36. The Hall–Kier alpha value is -1.76. The number of fused-ring (bicyclic) bond motifs is 1. The highest BCUT2D eigenvalue weighted by Crippen LogP contribution is 2.30. The minimum absolute atomic E-state index is 0.289. The Balaban J connectivity index is 2.42. The topological polar surface area (TPSA) is 69.8 Å². The van der Waals surface area contributed by atoms with Gasteiger partial charge in [0.15, 0.2) is 5.58 Å². The molecule has 2 aromatic rings. The maximum atomic E-state index is 11.5. The van der Waals surface area contributed by atoms with Gasteiger partial charge in [0, 0.05) is 26.2 Å². The van der Waals surface area contributed by atoms with Crippen LogP contribution in [-0.4, -0.2) is 40.7 Å². The number of hydrogen-bond acceptors (Lipinski definition) is 4. The Morgan fingerprint density at radius 2 is 2.00 bits per heavy atom. The molecule has 0 aliphatic carbocycles. The number of oxazole rings is 1. The van der Waals surface area contributed by atoms with Crippen LogP contribution in [0.2, 0.25) is 0 Å². The maximum absolute atomic E-state index is 11.5. The van der Waals surface area contributed by atoms with Crippen LogP contribution in [0.3, 0.4) is 0 Å². The third-order valence-corrected chi connectivity index (χ3v) is 3.85. The fraction of sp³-hybridized carbons (Fsp3) is 0.467. The molecule has 0 fully saturated rings. The molecule has 1 amide bonds. The van der Waals surface area contributed by atoms with Crippen LogP contribution in [0.5, 0.6) is 0 Å². The Kier molecular flexibility index (Phi) is 4.37. The molecule has 0 saturated carbocycles. The molecule has 0 saturated heterocycles. The van der Waals surface area contributed by atoms with Gasteiger partial charge in [-0.25, -0.2) is 4.79 Å². The highest BCUT2D eigenvalue weighted by atomic mass is 79.9. The molecular formula is C15H20BrN3O3. The summed E-state index contributed by atoms with van der Waals surface area (Å²) in [4.78, 5) is 19.1. The first-order valence-corrected chi connectivity index (χ1v) is 7.65. The lowest BCUT2D eigenvalue weighted by molar-refractivity contribution is 0.0956. The van der Waals surface area contributed by atoms with Crippen molar-refractivity contribution < 1.29 is 14.3 Å². The molecule has 0 unspecified atom stereocenters. The Bertz CT molecular complexity index is 704. The molecule has 0 bridgehead atoms. The number of halogens is 1. The van der Waals surface area contributed by atoms with Gasteiger partial charge in [0.25, 0.3) is 6.01 Å². The lowest BCUT2D eigenvalue weighted by atomic mass is 10.1. The largest absolute Gasteiger partial charge is 0.465 e. The van der Waals surface area contributed by atoms with Crippen molar-refractivity contribution in [2.75, 3.05) is 19.0 Å². The molecule has 0 aliphatic rings. The van der Waals surface area contributed by atoms with E-state index in [9.17, 15) is 9.90 Å². The summed E-state index contributed by atoms with van der Waals surface area (Å²) in [5, 5.41) is 9.40. The van der Waals surface area contributed by atoms with E-state index in [1.165, 1.54) is 4.90 Å². The van der Waals surface area contributed by atoms with Crippen LogP contribution in [0.1, 0.15) is 26.3 Å². The monoisotopic (exact) mass is 369 g/mol. The summed E-state index contributed by atoms with van der Waals surface area (Å²) in [5.74, 6) is 0. The van der Waals surface area contributed by atoms with Crippen molar-refractivity contribution in [3.05, 3.63) is 22.2 Å². The number of rotatable bonds is 3. The van der Waals surface area contributed by atoms with Gasteiger partial charge in [0.1, 0.15) is 5.52 Å². The second-order valence-corrected chi connectivity index (χ2v) is 7.21. The number of benzene rings is 1. The zero-order valence-corrected chi connectivity index (χ0v) is 14.9. The number of amides is 1. The molecule has 0 spiro atoms. The lowest BCUT2D eigenvalue weighted by Gasteiger charge is -2.33. The number of nitrogens with zero attached hydrogens (tertiary/aromatic N) is 3. The van der Waals surface area contributed by atoms with Gasteiger partial charge in [-0.1, -0.05) is 0 Å². The number of anilines is 1. The average molecular weight is 370 g/mol. The molecule has 1 aromatic heterocycles. The highest BCUT2D eigenvalue weighted by Gasteiger charge is 2.26. The van der Waals surface area contributed by atoms with Crippen LogP contribution < -0.4 is 4.90 Å². The van der Waals surface area contributed by atoms with E-state index in [4.69, 9.17) is 4.42 Å². The molecular weight excluding hydrogens is 350 g/mol. The van der Waals surface area contributed by atoms with Gasteiger partial charge in [-0.2, -0.15) is 4.98 Å². The summed E-state index contributed by atoms with van der Waals surface area (Å²) in [6.45, 7) is 5.90. The summed E-state index contributed by atoms with van der Waals surface area (Å²) in [6.07, 6.45) is -0.946. The van der Waals surface area contributed by atoms with E-state index >= 15 is 0 Å². The molecule has 0 atom stereocenters. The molecule has 0 aliphatic heterocycles. The molecule has 6 nitrogen and oxygen atoms in total. The van der Waals surface area contributed by atoms with Gasteiger partial charge >= 0.3 is 6.09 Å². The van der Waals surface area contributed by atoms with Crippen molar-refractivity contribution >= 4 is 39.1 Å². The van der Waals surface area contributed by atoms with E-state index in [-0.39, 0.29) is 6.54 Å². The van der Waals surface area contributed by atoms with Gasteiger partial charge in [0.05, 0.1) is 4.47 Å². The van der Waals surface area contributed by atoms with Crippen molar-refractivity contribution in [2.24, 2.45) is 0 Å². The summed E-state index contributed by atoms with van der Waals surface area (Å²) in [5.41, 5.74) is 1.74. The number of aromatic nitrogens is 1. The number of carboxylic acid groups (broad SMARTS) is 1. The molecule has 2 rings (SSSR count). The van der Waals surface area contributed by atoms with Crippen LogP contribution in [0.15, 0.2) is 21.0 Å². The SMILES string of the molecule is CN(C)c1nc2cc(CN(C(=O)O)C(C)(C)C)cc(Br)c2o1. The fourth-order valence-corrected chi connectivity index (χ4v) is 2.67. The van der Waals surface area contributed by atoms with Crippen LogP contribution >= 0.6 is 15.9 Å². The lowest BCUT2D eigenvalue weighted by Crippen LogP contribution is -2.44. The number of carbonyl (C=O) groups is 1. The zero-order valence-electron chi connectivity index (χ0n) is 13.3. The summed E-state index contributed by atoms with van der Waals surface area (Å²) >= 11 is 3.47. The first-order chi connectivity index (χ1) is 10.1. The predicted molar refractivity (Wildman–Crippen MR) is 89.4 cm³/mol. The standard InChI is InChI=1S/C15H20BrN3O3/c1-15(2,3)19(14(20)21)8-9-6-10(16)12-11(7-9)17-13(22-12)18(4)5/h6-7H,8H2,1-5H3,(H,20,21). The normalized spacial score (nSPS) is 11.7. The fourth-order valence-electron chi connectivity index (χ4n) is 2.09. The number of hydrogen-bond donors (Lipinski definition) is 1. The second kappa shape index (κ2) is 5.79. The first-order valence-electron chi connectivity index (χ1n) is 6.86. The molecule has 1 heterocycles. The Morgan fingerprint density at radius 3 is 2.50 bits per heavy atom. The summed E-state index contributed by atoms with van der Waals surface area (Å²) in [7, 11) is 3.70. The van der Waals surface area contributed by atoms with Crippen molar-refractivity contribution in [1.29, 1.82) is 0 Å². The zero-order chi connectivity index (χ0) is 16.7. The van der Waals surface area contributed by atoms with E-state index in [0.29, 0.717) is 17.1 Å². The minimum atomic E-state index is -0.946. The van der Waals surface area contributed by atoms with Crippen molar-refractivity contribution in [3.8, 4) is 0 Å². The molecule has 0 radical (unpaired) electrons. The van der Waals surface area contributed by atoms with Crippen molar-refractivity contribution in [3.63, 3.8) is 0 Å². The molecule has 1 N–H and O–H groups in total. The first kappa shape index (κ1) is 16.6. The molecule has 7 heteroatoms. The summed E-state index contributed by atoms with van der Waals surface area (Å²) < 4.78 is 6.44. The van der Waals surface area contributed by atoms with E-state index < -0.39 is 11.6 Å². The third kappa shape index (κ3) is 3.35. The van der Waals surface area contributed by atoms with Crippen molar-refractivity contribution in [2.45, 2.75) is 32.9 Å². The van der Waals surface area contributed by atoms with E-state index in [1.807, 2.05) is 47.0 Å².